The van der Waals surface area contributed by atoms with Crippen LogP contribution < -0.4 is 24.4 Å². The molecule has 4 rings (SSSR count). The zero-order chi connectivity index (χ0) is 30.5. The Morgan fingerprint density at radius 3 is 2.33 bits per heavy atom. The second-order valence-electron chi connectivity index (χ2n) is 9.06. The molecule has 1 fully saturated rings. The quantitative estimate of drug-likeness (QED) is 0.282. The van der Waals surface area contributed by atoms with E-state index in [2.05, 4.69) is 14.9 Å². The lowest BCUT2D eigenvalue weighted by molar-refractivity contribution is -0.137. The summed E-state index contributed by atoms with van der Waals surface area (Å²) in [5.41, 5.74) is -0.454. The molecule has 0 bridgehead atoms. The van der Waals surface area contributed by atoms with Gasteiger partial charge >= 0.3 is 6.18 Å². The normalized spacial score (nSPS) is 13.9. The number of sulfonamides is 1. The number of nitrogens with zero attached hydrogens (tertiary/aromatic N) is 1. The molecular formula is C28H29ClF3N3O6S. The largest absolute Gasteiger partial charge is 0.492 e. The molecule has 3 aromatic rings. The van der Waals surface area contributed by atoms with Gasteiger partial charge in [0.2, 0.25) is 0 Å². The number of rotatable bonds is 10. The number of ether oxygens (including phenoxy) is 3. The van der Waals surface area contributed by atoms with E-state index in [1.165, 1.54) is 18.2 Å². The second kappa shape index (κ2) is 13.1. The van der Waals surface area contributed by atoms with Crippen molar-refractivity contribution in [2.45, 2.75) is 24.9 Å². The standard InChI is InChI=1S/C28H29ClF3N3O6S/c1-3-40-25-17-24(35-10-12-39-13-11-35)26(41-4-2)16-23(25)33-27(36)18-6-5-7-20(14-18)42(37,38)34-22-15-19(28(30,31)32)8-9-21(22)29/h5-9,14-17,34H,3-4,10-13H2,1-2H3,(H,33,36). The van der Waals surface area contributed by atoms with Gasteiger partial charge < -0.3 is 24.4 Å². The number of nitrogens with one attached hydrogen (secondary N) is 2. The summed E-state index contributed by atoms with van der Waals surface area (Å²) in [6, 6.07) is 10.8. The molecule has 0 spiro atoms. The van der Waals surface area contributed by atoms with E-state index in [1.54, 1.807) is 19.1 Å². The smallest absolute Gasteiger partial charge is 0.416 e. The molecule has 0 saturated carbocycles. The zero-order valence-corrected chi connectivity index (χ0v) is 24.3. The lowest BCUT2D eigenvalue weighted by atomic mass is 10.1. The number of anilines is 3. The van der Waals surface area contributed by atoms with Crippen LogP contribution in [0.1, 0.15) is 29.8 Å². The number of carbonyl (C=O) groups is 1. The highest BCUT2D eigenvalue weighted by Gasteiger charge is 2.31. The average Bonchev–Trinajstić information content (AvgIpc) is 2.95. The fourth-order valence-corrected chi connectivity index (χ4v) is 5.56. The first-order chi connectivity index (χ1) is 19.9. The minimum Gasteiger partial charge on any atom is -0.492 e. The van der Waals surface area contributed by atoms with Gasteiger partial charge in [0.1, 0.15) is 11.5 Å². The first kappa shape index (κ1) is 31.3. The van der Waals surface area contributed by atoms with E-state index < -0.39 is 33.4 Å². The summed E-state index contributed by atoms with van der Waals surface area (Å²) in [6.07, 6.45) is -4.70. The number of benzene rings is 3. The van der Waals surface area contributed by atoms with Crippen LogP contribution in [-0.2, 0) is 20.9 Å². The fourth-order valence-electron chi connectivity index (χ4n) is 4.23. The maximum Gasteiger partial charge on any atom is 0.416 e. The predicted octanol–water partition coefficient (Wildman–Crippen LogP) is 6.05. The summed E-state index contributed by atoms with van der Waals surface area (Å²) in [6.45, 7) is 6.75. The molecule has 0 aromatic heterocycles. The molecule has 2 N–H and O–H groups in total. The molecule has 14 heteroatoms. The van der Waals surface area contributed by atoms with Gasteiger partial charge in [-0.15, -0.1) is 0 Å². The second-order valence-corrected chi connectivity index (χ2v) is 11.2. The molecule has 226 valence electrons. The number of halogens is 4. The van der Waals surface area contributed by atoms with Gasteiger partial charge in [-0.2, -0.15) is 13.2 Å². The summed E-state index contributed by atoms with van der Waals surface area (Å²) in [7, 11) is -4.42. The Kier molecular flexibility index (Phi) is 9.74. The van der Waals surface area contributed by atoms with Crippen molar-refractivity contribution in [1.29, 1.82) is 0 Å². The third kappa shape index (κ3) is 7.39. The van der Waals surface area contributed by atoms with Crippen LogP contribution in [0.15, 0.2) is 59.5 Å². The van der Waals surface area contributed by atoms with Crippen molar-refractivity contribution in [2.24, 2.45) is 0 Å². The van der Waals surface area contributed by atoms with E-state index in [9.17, 15) is 26.4 Å². The molecule has 1 amide bonds. The topological polar surface area (TPSA) is 106 Å². The highest BCUT2D eigenvalue weighted by atomic mass is 35.5. The molecule has 0 aliphatic carbocycles. The van der Waals surface area contributed by atoms with E-state index in [4.69, 9.17) is 25.8 Å². The zero-order valence-electron chi connectivity index (χ0n) is 22.8. The van der Waals surface area contributed by atoms with Gasteiger partial charge in [0, 0.05) is 30.8 Å². The van der Waals surface area contributed by atoms with Gasteiger partial charge in [-0.1, -0.05) is 17.7 Å². The lowest BCUT2D eigenvalue weighted by Gasteiger charge is -2.31. The molecule has 1 aliphatic heterocycles. The first-order valence-electron chi connectivity index (χ1n) is 13.0. The Labute approximate surface area is 246 Å². The number of hydrogen-bond acceptors (Lipinski definition) is 7. The van der Waals surface area contributed by atoms with Crippen LogP contribution in [0.25, 0.3) is 0 Å². The van der Waals surface area contributed by atoms with Crippen LogP contribution in [0.3, 0.4) is 0 Å². The Bertz CT molecular complexity index is 1550. The Hall–Kier alpha value is -3.68. The SMILES string of the molecule is CCOc1cc(N2CCOCC2)c(OCC)cc1NC(=O)c1cccc(S(=O)(=O)Nc2cc(C(F)(F)F)ccc2Cl)c1. The molecule has 9 nitrogen and oxygen atoms in total. The van der Waals surface area contributed by atoms with Crippen LogP contribution in [0.5, 0.6) is 11.5 Å². The summed E-state index contributed by atoms with van der Waals surface area (Å²) < 4.78 is 84.7. The number of alkyl halides is 3. The Balaban J connectivity index is 1.61. The van der Waals surface area contributed by atoms with Gasteiger partial charge in [0.25, 0.3) is 15.9 Å². The molecule has 0 atom stereocenters. The maximum atomic E-state index is 13.3. The van der Waals surface area contributed by atoms with Gasteiger partial charge in [-0.05, 0) is 50.2 Å². The Morgan fingerprint density at radius 2 is 1.67 bits per heavy atom. The number of hydrogen-bond donors (Lipinski definition) is 2. The summed E-state index contributed by atoms with van der Waals surface area (Å²) in [5, 5.41) is 2.53. The van der Waals surface area contributed by atoms with Crippen molar-refractivity contribution >= 4 is 44.6 Å². The molecule has 1 saturated heterocycles. The van der Waals surface area contributed by atoms with E-state index in [1.807, 2.05) is 6.92 Å². The van der Waals surface area contributed by atoms with Crippen LogP contribution in [-0.4, -0.2) is 53.8 Å². The number of carbonyl (C=O) groups excluding carboxylic acids is 1. The third-order valence-electron chi connectivity index (χ3n) is 6.21. The minimum absolute atomic E-state index is 0.0225. The molecule has 42 heavy (non-hydrogen) atoms. The predicted molar refractivity (Wildman–Crippen MR) is 153 cm³/mol. The van der Waals surface area contributed by atoms with Crippen molar-refractivity contribution in [2.75, 3.05) is 54.5 Å². The van der Waals surface area contributed by atoms with E-state index >= 15 is 0 Å². The third-order valence-corrected chi connectivity index (χ3v) is 7.90. The highest BCUT2D eigenvalue weighted by molar-refractivity contribution is 7.92. The monoisotopic (exact) mass is 627 g/mol. The van der Waals surface area contributed by atoms with E-state index in [0.717, 1.165) is 23.9 Å². The van der Waals surface area contributed by atoms with Crippen LogP contribution in [0.4, 0.5) is 30.2 Å². The summed E-state index contributed by atoms with van der Waals surface area (Å²) in [5.74, 6) is 0.267. The highest BCUT2D eigenvalue weighted by Crippen LogP contribution is 2.40. The minimum atomic E-state index is -4.70. The van der Waals surface area contributed by atoms with E-state index in [0.29, 0.717) is 62.8 Å². The molecule has 0 unspecified atom stereocenters. The van der Waals surface area contributed by atoms with Gasteiger partial charge in [0.05, 0.1) is 59.0 Å². The van der Waals surface area contributed by atoms with Crippen LogP contribution in [0, 0.1) is 0 Å². The van der Waals surface area contributed by atoms with Crippen LogP contribution in [0.2, 0.25) is 5.02 Å². The molecule has 3 aromatic carbocycles. The molecule has 1 heterocycles. The first-order valence-corrected chi connectivity index (χ1v) is 14.9. The summed E-state index contributed by atoms with van der Waals surface area (Å²) >= 11 is 5.96. The van der Waals surface area contributed by atoms with Gasteiger partial charge in [-0.25, -0.2) is 8.42 Å². The van der Waals surface area contributed by atoms with Crippen molar-refractivity contribution in [1.82, 2.24) is 0 Å². The number of amides is 1. The fraction of sp³-hybridized carbons (Fsp3) is 0.321. The molecular weight excluding hydrogens is 599 g/mol. The average molecular weight is 628 g/mol. The molecule has 1 aliphatic rings. The van der Waals surface area contributed by atoms with Crippen molar-refractivity contribution in [3.63, 3.8) is 0 Å². The molecule has 0 radical (unpaired) electrons. The maximum absolute atomic E-state index is 13.3. The number of morpholine rings is 1. The van der Waals surface area contributed by atoms with Crippen molar-refractivity contribution < 1.29 is 40.6 Å². The Morgan fingerprint density at radius 1 is 0.976 bits per heavy atom. The van der Waals surface area contributed by atoms with Crippen molar-refractivity contribution in [3.8, 4) is 11.5 Å². The van der Waals surface area contributed by atoms with Crippen LogP contribution >= 0.6 is 11.6 Å². The van der Waals surface area contributed by atoms with Gasteiger partial charge in [0.15, 0.2) is 0 Å². The van der Waals surface area contributed by atoms with Gasteiger partial charge in [-0.3, -0.25) is 9.52 Å². The van der Waals surface area contributed by atoms with Crippen molar-refractivity contribution in [3.05, 3.63) is 70.7 Å². The lowest BCUT2D eigenvalue weighted by Crippen LogP contribution is -2.36. The van der Waals surface area contributed by atoms with E-state index in [-0.39, 0.29) is 15.5 Å². The summed E-state index contributed by atoms with van der Waals surface area (Å²) in [4.78, 5) is 15.0.